The summed E-state index contributed by atoms with van der Waals surface area (Å²) in [6.07, 6.45) is 4.86. The van der Waals surface area contributed by atoms with E-state index in [2.05, 4.69) is 16.0 Å². The maximum absolute atomic E-state index is 13.7. The van der Waals surface area contributed by atoms with Crippen LogP contribution in [0.1, 0.15) is 54.9 Å². The van der Waals surface area contributed by atoms with E-state index in [1.807, 2.05) is 0 Å². The van der Waals surface area contributed by atoms with Crippen LogP contribution in [0.25, 0.3) is 0 Å². The molecule has 1 saturated heterocycles. The van der Waals surface area contributed by atoms with Gasteiger partial charge in [-0.25, -0.2) is 9.56 Å². The lowest BCUT2D eigenvalue weighted by Gasteiger charge is -2.46. The predicted octanol–water partition coefficient (Wildman–Crippen LogP) is 2.91. The summed E-state index contributed by atoms with van der Waals surface area (Å²) >= 11 is 2.05. The fourth-order valence-electron chi connectivity index (χ4n) is 4.60. The molecule has 44 heavy (non-hydrogen) atoms. The number of carbonyl (C=O) groups excluding carboxylic acids is 2. The van der Waals surface area contributed by atoms with Gasteiger partial charge in [0, 0.05) is 22.3 Å². The van der Waals surface area contributed by atoms with E-state index >= 15 is 0 Å². The largest absolute Gasteiger partial charge is 0.474 e. The number of phosphoric ester groups is 1. The van der Waals surface area contributed by atoms with E-state index in [9.17, 15) is 24.4 Å². The number of hydrazone groups is 1. The minimum atomic E-state index is -4.29. The third-order valence-electron chi connectivity index (χ3n) is 7.24. The molecule has 3 aliphatic rings. The maximum Gasteiger partial charge on any atom is 0.474 e. The van der Waals surface area contributed by atoms with Gasteiger partial charge in [0.2, 0.25) is 0 Å². The Labute approximate surface area is 267 Å². The van der Waals surface area contributed by atoms with E-state index in [4.69, 9.17) is 30.5 Å². The Morgan fingerprint density at radius 1 is 1.14 bits per heavy atom. The Hall–Kier alpha value is -1.73. The van der Waals surface area contributed by atoms with Gasteiger partial charge in [-0.1, -0.05) is 77.1 Å². The van der Waals surface area contributed by atoms with E-state index in [1.165, 1.54) is 11.3 Å². The van der Waals surface area contributed by atoms with Gasteiger partial charge in [0.1, 0.15) is 30.2 Å². The van der Waals surface area contributed by atoms with Crippen LogP contribution in [-0.4, -0.2) is 98.4 Å². The van der Waals surface area contributed by atoms with E-state index in [0.717, 1.165) is 23.5 Å². The first-order valence-corrected chi connectivity index (χ1v) is 17.5. The molecule has 3 rings (SSSR count). The molecular formula is C28H43N4O9PS2. The molecule has 0 aliphatic carbocycles. The minimum absolute atomic E-state index is 0.0684. The molecular weight excluding hydrogens is 631 g/mol. The molecule has 5 atom stereocenters. The Balaban J connectivity index is 1.71. The van der Waals surface area contributed by atoms with E-state index in [0.29, 0.717) is 5.70 Å². The van der Waals surface area contributed by atoms with Crippen molar-refractivity contribution in [2.24, 2.45) is 26.7 Å². The molecule has 0 saturated carbocycles. The molecule has 246 valence electrons. The third kappa shape index (κ3) is 7.79. The summed E-state index contributed by atoms with van der Waals surface area (Å²) in [5, 5.41) is 27.9. The van der Waals surface area contributed by atoms with Crippen molar-refractivity contribution in [2.45, 2.75) is 84.3 Å². The smallest absolute Gasteiger partial charge is 0.387 e. The summed E-state index contributed by atoms with van der Waals surface area (Å²) in [6.45, 7) is 11.6. The summed E-state index contributed by atoms with van der Waals surface area (Å²) in [5.74, 6) is 3.10. The monoisotopic (exact) mass is 674 g/mol. The normalized spacial score (nSPS) is 28.8. The molecule has 0 radical (unpaired) electrons. The second-order valence-electron chi connectivity index (χ2n) is 12.8. The number of terminal acetylenes is 1. The number of aliphatic imine (C=N–C) groups is 1. The number of nitrogens with zero attached hydrogens (tertiary/aromatic N) is 3. The third-order valence-corrected chi connectivity index (χ3v) is 11.2. The van der Waals surface area contributed by atoms with Gasteiger partial charge >= 0.3 is 7.82 Å². The first-order chi connectivity index (χ1) is 20.3. The molecule has 16 heteroatoms. The molecule has 0 aromatic carbocycles. The van der Waals surface area contributed by atoms with Gasteiger partial charge in [0.05, 0.1) is 25.5 Å². The number of aliphatic hydroxyl groups is 2. The van der Waals surface area contributed by atoms with Crippen LogP contribution in [0, 0.1) is 23.2 Å². The molecule has 3 heterocycles. The second kappa shape index (κ2) is 13.9. The van der Waals surface area contributed by atoms with Gasteiger partial charge in [0.25, 0.3) is 0 Å². The van der Waals surface area contributed by atoms with Crippen molar-refractivity contribution in [3.8, 4) is 12.3 Å². The zero-order valence-corrected chi connectivity index (χ0v) is 28.7. The molecule has 0 spiro atoms. The lowest BCUT2D eigenvalue weighted by atomic mass is 9.75. The van der Waals surface area contributed by atoms with Crippen LogP contribution in [0.5, 0.6) is 0 Å². The average molecular weight is 675 g/mol. The number of phosphoric acid groups is 1. The van der Waals surface area contributed by atoms with Crippen LogP contribution in [0.15, 0.2) is 21.9 Å². The Bertz CT molecular complexity index is 1250. The number of fused-ring (bicyclic) bond motifs is 1. The lowest BCUT2D eigenvalue weighted by Crippen LogP contribution is -2.64. The molecule has 1 fully saturated rings. The Kier molecular flexibility index (Phi) is 11.6. The molecule has 1 unspecified atom stereocenters. The van der Waals surface area contributed by atoms with Crippen molar-refractivity contribution in [2.75, 3.05) is 31.3 Å². The zero-order valence-electron chi connectivity index (χ0n) is 26.1. The van der Waals surface area contributed by atoms with Crippen LogP contribution in [0.2, 0.25) is 0 Å². The molecule has 0 bridgehead atoms. The topological polar surface area (TPSA) is 183 Å². The summed E-state index contributed by atoms with van der Waals surface area (Å²) in [6, 6.07) is 0. The number of carbonyl (C=O) groups is 2. The van der Waals surface area contributed by atoms with Gasteiger partial charge in [-0.15, -0.1) is 6.42 Å². The van der Waals surface area contributed by atoms with Crippen LogP contribution >= 0.6 is 31.3 Å². The van der Waals surface area contributed by atoms with Crippen LogP contribution < -0.4 is 5.73 Å². The first kappa shape index (κ1) is 36.7. The number of rotatable bonds is 12. The lowest BCUT2D eigenvalue weighted by molar-refractivity contribution is -0.127. The van der Waals surface area contributed by atoms with Gasteiger partial charge in [-0.3, -0.25) is 28.2 Å². The van der Waals surface area contributed by atoms with Gasteiger partial charge in [-0.2, -0.15) is 5.10 Å². The summed E-state index contributed by atoms with van der Waals surface area (Å²) in [7, 11) is -4.29. The van der Waals surface area contributed by atoms with Gasteiger partial charge < -0.3 is 20.7 Å². The van der Waals surface area contributed by atoms with E-state index in [1.54, 1.807) is 54.5 Å². The first-order valence-electron chi connectivity index (χ1n) is 14.1. The number of ether oxygens (including phenoxy) is 1. The quantitative estimate of drug-likeness (QED) is 0.156. The second-order valence-corrected chi connectivity index (χ2v) is 16.6. The van der Waals surface area contributed by atoms with Crippen LogP contribution in [0.3, 0.4) is 0 Å². The summed E-state index contributed by atoms with van der Waals surface area (Å²) in [4.78, 5) is 28.5. The maximum atomic E-state index is 13.7. The van der Waals surface area contributed by atoms with Gasteiger partial charge in [-0.05, 0) is 13.3 Å². The highest BCUT2D eigenvalue weighted by molar-refractivity contribution is 8.14. The van der Waals surface area contributed by atoms with E-state index < -0.39 is 54.7 Å². The number of hydrogen-bond donors (Lipinski definition) is 3. The number of nitrogens with two attached hydrogens (primary N) is 1. The molecule has 0 aromatic heterocycles. The Morgan fingerprint density at radius 2 is 1.68 bits per heavy atom. The van der Waals surface area contributed by atoms with Gasteiger partial charge in [0.15, 0.2) is 21.7 Å². The fourth-order valence-corrected chi connectivity index (χ4v) is 7.60. The van der Waals surface area contributed by atoms with Crippen molar-refractivity contribution in [1.29, 1.82) is 0 Å². The van der Waals surface area contributed by atoms with Crippen molar-refractivity contribution < 1.29 is 42.7 Å². The highest BCUT2D eigenvalue weighted by Crippen LogP contribution is 2.52. The van der Waals surface area contributed by atoms with Crippen molar-refractivity contribution in [1.82, 2.24) is 5.01 Å². The SMILES string of the molecule is C#C[C@@]1(C2(C)CC=C3C(N)=NC=NN32)O[C@H](COP(=O)(OCCSC(=O)C(C)(C)C)OCCSC(=O)C(C)(C)C)[C@@H](O)[C@H]1O. The number of thioether (sulfide) groups is 2. The number of amidine groups is 1. The summed E-state index contributed by atoms with van der Waals surface area (Å²) < 4.78 is 36.4. The number of hydrogen-bond acceptors (Lipinski definition) is 15. The Morgan fingerprint density at radius 3 is 2.18 bits per heavy atom. The van der Waals surface area contributed by atoms with Crippen LogP contribution in [-0.2, 0) is 32.5 Å². The molecule has 3 aliphatic heterocycles. The van der Waals surface area contributed by atoms with Crippen LogP contribution in [0.4, 0.5) is 0 Å². The predicted molar refractivity (Wildman–Crippen MR) is 171 cm³/mol. The van der Waals surface area contributed by atoms with Crippen molar-refractivity contribution in [3.05, 3.63) is 11.8 Å². The highest BCUT2D eigenvalue weighted by Gasteiger charge is 2.66. The van der Waals surface area contributed by atoms with Crippen molar-refractivity contribution in [3.63, 3.8) is 0 Å². The zero-order chi connectivity index (χ0) is 33.1. The minimum Gasteiger partial charge on any atom is -0.387 e. The van der Waals surface area contributed by atoms with Crippen molar-refractivity contribution >= 4 is 53.8 Å². The molecule has 13 nitrogen and oxygen atoms in total. The standard InChI is InChI=1S/C28H43N4O9PS2/c1-9-28(27(8)11-10-18-22(29)30-17-31-32(18)27)21(34)20(33)19(41-28)16-40-42(37,38-12-14-43-23(35)25(2,3)4)39-13-15-44-24(36)26(5,6)7/h1,10,17,19-21,33-34H,11-16H2,2-8H3,(H2,29,30,31)/t19-,20-,21-,27?,28-/m1/s1. The molecule has 0 amide bonds. The number of aliphatic hydroxyl groups excluding tert-OH is 2. The average Bonchev–Trinajstić information content (AvgIpc) is 3.42. The summed E-state index contributed by atoms with van der Waals surface area (Å²) in [5.41, 5.74) is 2.41. The molecule has 0 aromatic rings. The fraction of sp³-hybridized carbons (Fsp3) is 0.714. The highest BCUT2D eigenvalue weighted by atomic mass is 32.2. The molecule has 4 N–H and O–H groups in total. The van der Waals surface area contributed by atoms with E-state index in [-0.39, 0.29) is 47.2 Å².